The lowest BCUT2D eigenvalue weighted by Gasteiger charge is -2.05. The predicted molar refractivity (Wildman–Crippen MR) is 75.8 cm³/mol. The van der Waals surface area contributed by atoms with E-state index in [1.54, 1.807) is 7.11 Å². The fourth-order valence-corrected chi connectivity index (χ4v) is 1.66. The third kappa shape index (κ3) is 4.28. The summed E-state index contributed by atoms with van der Waals surface area (Å²) >= 11 is 0. The summed E-state index contributed by atoms with van der Waals surface area (Å²) in [5.74, 6) is 2.21. The van der Waals surface area contributed by atoms with E-state index in [9.17, 15) is 0 Å². The minimum absolute atomic E-state index is 0.349. The molecule has 0 spiro atoms. The highest BCUT2D eigenvalue weighted by Gasteiger charge is 2.06. The Balaban J connectivity index is 1.87. The van der Waals surface area contributed by atoms with Crippen LogP contribution in [-0.2, 0) is 13.2 Å². The van der Waals surface area contributed by atoms with Crippen molar-refractivity contribution in [3.05, 3.63) is 41.8 Å². The second-order valence-electron chi connectivity index (χ2n) is 4.79. The number of benzene rings is 1. The van der Waals surface area contributed by atoms with E-state index in [-0.39, 0.29) is 0 Å². The molecule has 1 aromatic carbocycles. The molecule has 0 fully saturated rings. The Bertz CT molecular complexity index is 537. The SMILES string of the molecule is COc1cccc(OCc2cc(CNC(C)C)no2)c1. The van der Waals surface area contributed by atoms with Gasteiger partial charge in [-0.25, -0.2) is 0 Å². The first kappa shape index (κ1) is 14.4. The summed E-state index contributed by atoms with van der Waals surface area (Å²) in [5, 5.41) is 7.28. The van der Waals surface area contributed by atoms with E-state index in [0.29, 0.717) is 25.0 Å². The van der Waals surface area contributed by atoms with Crippen molar-refractivity contribution in [2.24, 2.45) is 0 Å². The molecule has 1 N–H and O–H groups in total. The van der Waals surface area contributed by atoms with Gasteiger partial charge in [-0.1, -0.05) is 25.1 Å². The lowest BCUT2D eigenvalue weighted by atomic mass is 10.3. The van der Waals surface area contributed by atoms with Crippen LogP contribution in [0.4, 0.5) is 0 Å². The zero-order chi connectivity index (χ0) is 14.4. The molecule has 0 saturated carbocycles. The minimum Gasteiger partial charge on any atom is -0.497 e. The first-order valence-electron chi connectivity index (χ1n) is 6.62. The van der Waals surface area contributed by atoms with Crippen molar-refractivity contribution >= 4 is 0 Å². The van der Waals surface area contributed by atoms with Gasteiger partial charge in [0.15, 0.2) is 5.76 Å². The second-order valence-corrected chi connectivity index (χ2v) is 4.79. The minimum atomic E-state index is 0.349. The van der Waals surface area contributed by atoms with Crippen LogP contribution in [0.1, 0.15) is 25.3 Å². The molecular weight excluding hydrogens is 256 g/mol. The summed E-state index contributed by atoms with van der Waals surface area (Å²) in [6.07, 6.45) is 0. The van der Waals surface area contributed by atoms with Gasteiger partial charge in [0.1, 0.15) is 18.1 Å². The van der Waals surface area contributed by atoms with Crippen molar-refractivity contribution < 1.29 is 14.0 Å². The van der Waals surface area contributed by atoms with Crippen molar-refractivity contribution in [2.75, 3.05) is 7.11 Å². The Morgan fingerprint density at radius 1 is 1.25 bits per heavy atom. The molecule has 0 aliphatic rings. The molecule has 2 rings (SSSR count). The Kier molecular flexibility index (Phi) is 5.01. The van der Waals surface area contributed by atoms with Crippen molar-refractivity contribution in [1.82, 2.24) is 10.5 Å². The summed E-state index contributed by atoms with van der Waals surface area (Å²) in [5.41, 5.74) is 0.878. The highest BCUT2D eigenvalue weighted by atomic mass is 16.5. The molecule has 1 heterocycles. The van der Waals surface area contributed by atoms with Gasteiger partial charge in [0.05, 0.1) is 12.8 Å². The largest absolute Gasteiger partial charge is 0.497 e. The average molecular weight is 276 g/mol. The Morgan fingerprint density at radius 3 is 2.80 bits per heavy atom. The Morgan fingerprint density at radius 2 is 2.05 bits per heavy atom. The van der Waals surface area contributed by atoms with E-state index >= 15 is 0 Å². The topological polar surface area (TPSA) is 56.5 Å². The number of hydrogen-bond donors (Lipinski definition) is 1. The fourth-order valence-electron chi connectivity index (χ4n) is 1.66. The first-order chi connectivity index (χ1) is 9.67. The number of nitrogens with one attached hydrogen (secondary N) is 1. The molecule has 0 bridgehead atoms. The van der Waals surface area contributed by atoms with E-state index in [4.69, 9.17) is 14.0 Å². The monoisotopic (exact) mass is 276 g/mol. The Hall–Kier alpha value is -2.01. The second kappa shape index (κ2) is 6.96. The summed E-state index contributed by atoms with van der Waals surface area (Å²) in [7, 11) is 1.63. The number of ether oxygens (including phenoxy) is 2. The van der Waals surface area contributed by atoms with Crippen molar-refractivity contribution in [2.45, 2.75) is 33.0 Å². The van der Waals surface area contributed by atoms with Gasteiger partial charge in [0.25, 0.3) is 0 Å². The molecule has 0 aliphatic carbocycles. The van der Waals surface area contributed by atoms with Crippen LogP contribution in [0.25, 0.3) is 0 Å². The molecule has 5 nitrogen and oxygen atoms in total. The van der Waals surface area contributed by atoms with Gasteiger partial charge in [-0.3, -0.25) is 0 Å². The molecule has 0 radical (unpaired) electrons. The molecule has 0 atom stereocenters. The third-order valence-electron chi connectivity index (χ3n) is 2.72. The van der Waals surface area contributed by atoms with Crippen LogP contribution in [0.2, 0.25) is 0 Å². The van der Waals surface area contributed by atoms with Crippen LogP contribution < -0.4 is 14.8 Å². The van der Waals surface area contributed by atoms with Crippen LogP contribution >= 0.6 is 0 Å². The number of methoxy groups -OCH3 is 1. The van der Waals surface area contributed by atoms with Crippen LogP contribution in [0.5, 0.6) is 11.5 Å². The molecule has 0 unspecified atom stereocenters. The van der Waals surface area contributed by atoms with Gasteiger partial charge in [-0.2, -0.15) is 0 Å². The van der Waals surface area contributed by atoms with Crippen molar-refractivity contribution in [3.8, 4) is 11.5 Å². The van der Waals surface area contributed by atoms with Gasteiger partial charge < -0.3 is 19.3 Å². The highest BCUT2D eigenvalue weighted by Crippen LogP contribution is 2.20. The Labute approximate surface area is 118 Å². The van der Waals surface area contributed by atoms with Gasteiger partial charge in [-0.05, 0) is 12.1 Å². The fraction of sp³-hybridized carbons (Fsp3) is 0.400. The van der Waals surface area contributed by atoms with Crippen LogP contribution in [0.3, 0.4) is 0 Å². The van der Waals surface area contributed by atoms with E-state index in [0.717, 1.165) is 17.2 Å². The zero-order valence-electron chi connectivity index (χ0n) is 12.1. The molecular formula is C15H20N2O3. The molecule has 5 heteroatoms. The first-order valence-corrected chi connectivity index (χ1v) is 6.62. The summed E-state index contributed by atoms with van der Waals surface area (Å²) in [6.45, 7) is 5.22. The van der Waals surface area contributed by atoms with E-state index < -0.39 is 0 Å². The van der Waals surface area contributed by atoms with Crippen molar-refractivity contribution in [3.63, 3.8) is 0 Å². The average Bonchev–Trinajstić information content (AvgIpc) is 2.91. The van der Waals surface area contributed by atoms with Crippen LogP contribution in [-0.4, -0.2) is 18.3 Å². The summed E-state index contributed by atoms with van der Waals surface area (Å²) in [6, 6.07) is 9.78. The molecule has 2 aromatic rings. The molecule has 0 aliphatic heterocycles. The number of hydrogen-bond acceptors (Lipinski definition) is 5. The van der Waals surface area contributed by atoms with Gasteiger partial charge in [-0.15, -0.1) is 0 Å². The van der Waals surface area contributed by atoms with Crippen LogP contribution in [0, 0.1) is 0 Å². The maximum atomic E-state index is 5.64. The zero-order valence-corrected chi connectivity index (χ0v) is 12.1. The van der Waals surface area contributed by atoms with E-state index in [1.165, 1.54) is 0 Å². The van der Waals surface area contributed by atoms with Gasteiger partial charge in [0, 0.05) is 24.7 Å². The molecule has 0 saturated heterocycles. The van der Waals surface area contributed by atoms with E-state index in [2.05, 4.69) is 24.3 Å². The van der Waals surface area contributed by atoms with Gasteiger partial charge in [0.2, 0.25) is 0 Å². The number of rotatable bonds is 7. The maximum Gasteiger partial charge on any atom is 0.174 e. The van der Waals surface area contributed by atoms with Crippen LogP contribution in [0.15, 0.2) is 34.9 Å². The maximum absolute atomic E-state index is 5.64. The molecule has 20 heavy (non-hydrogen) atoms. The number of nitrogens with zero attached hydrogens (tertiary/aromatic N) is 1. The lowest BCUT2D eigenvalue weighted by molar-refractivity contribution is 0.247. The summed E-state index contributed by atoms with van der Waals surface area (Å²) in [4.78, 5) is 0. The highest BCUT2D eigenvalue weighted by molar-refractivity contribution is 5.32. The molecule has 108 valence electrons. The van der Waals surface area contributed by atoms with E-state index in [1.807, 2.05) is 30.3 Å². The van der Waals surface area contributed by atoms with Gasteiger partial charge >= 0.3 is 0 Å². The third-order valence-corrected chi connectivity index (χ3v) is 2.72. The predicted octanol–water partition coefficient (Wildman–Crippen LogP) is 2.76. The standard InChI is InChI=1S/C15H20N2O3/c1-11(2)16-9-12-7-15(20-17-12)10-19-14-6-4-5-13(8-14)18-3/h4-8,11,16H,9-10H2,1-3H3. The quantitative estimate of drug-likeness (QED) is 0.842. The summed E-state index contributed by atoms with van der Waals surface area (Å²) < 4.78 is 16.0. The molecule has 1 aromatic heterocycles. The van der Waals surface area contributed by atoms with Crippen molar-refractivity contribution in [1.29, 1.82) is 0 Å². The lowest BCUT2D eigenvalue weighted by Crippen LogP contribution is -2.21. The smallest absolute Gasteiger partial charge is 0.174 e. The normalized spacial score (nSPS) is 10.8. The molecule has 0 amide bonds. The number of aromatic nitrogens is 1.